The molecular weight excluding hydrogens is 258 g/mol. The number of likely N-dealkylation sites (tertiary alicyclic amines) is 1. The molecule has 1 fully saturated rings. The molecule has 3 rings (SSSR count). The lowest BCUT2D eigenvalue weighted by Gasteiger charge is -2.15. The lowest BCUT2D eigenvalue weighted by atomic mass is 10.3. The van der Waals surface area contributed by atoms with E-state index in [0.29, 0.717) is 12.5 Å². The number of hydrogen-bond donors (Lipinski definition) is 1. The Bertz CT molecular complexity index is 562. The molecule has 1 atom stereocenters. The van der Waals surface area contributed by atoms with Gasteiger partial charge in [-0.2, -0.15) is 0 Å². The van der Waals surface area contributed by atoms with Crippen LogP contribution in [0.3, 0.4) is 0 Å². The van der Waals surface area contributed by atoms with Gasteiger partial charge in [0.05, 0.1) is 10.2 Å². The van der Waals surface area contributed by atoms with Crippen LogP contribution in [-0.4, -0.2) is 34.9 Å². The van der Waals surface area contributed by atoms with Gasteiger partial charge in [0.1, 0.15) is 0 Å². The number of para-hydroxylation sites is 1. The van der Waals surface area contributed by atoms with E-state index in [1.54, 1.807) is 11.3 Å². The molecule has 1 saturated heterocycles. The van der Waals surface area contributed by atoms with Crippen molar-refractivity contribution in [3.05, 3.63) is 24.3 Å². The molecule has 2 aromatic rings. The van der Waals surface area contributed by atoms with Crippen LogP contribution in [0.15, 0.2) is 24.3 Å². The fourth-order valence-electron chi connectivity index (χ4n) is 2.44. The summed E-state index contributed by atoms with van der Waals surface area (Å²) in [6, 6.07) is 8.47. The quantitative estimate of drug-likeness (QED) is 0.936. The molecule has 1 unspecified atom stereocenters. The Hall–Kier alpha value is -1.62. The second kappa shape index (κ2) is 5.17. The van der Waals surface area contributed by atoms with Gasteiger partial charge in [-0.3, -0.25) is 4.79 Å². The van der Waals surface area contributed by atoms with E-state index < -0.39 is 0 Å². The molecular formula is C14H17N3OS. The van der Waals surface area contributed by atoms with Crippen molar-refractivity contribution >= 4 is 32.6 Å². The molecule has 19 heavy (non-hydrogen) atoms. The maximum absolute atomic E-state index is 11.6. The largest absolute Gasteiger partial charge is 0.357 e. The lowest BCUT2D eigenvalue weighted by molar-refractivity contribution is -0.129. The number of nitrogens with one attached hydrogen (secondary N) is 1. The van der Waals surface area contributed by atoms with Gasteiger partial charge < -0.3 is 10.2 Å². The number of carbonyl (C=O) groups excluding carboxylic acids is 1. The van der Waals surface area contributed by atoms with Crippen LogP contribution in [0.1, 0.15) is 19.8 Å². The first kappa shape index (κ1) is 12.4. The highest BCUT2D eigenvalue weighted by atomic mass is 32.1. The van der Waals surface area contributed by atoms with Crippen molar-refractivity contribution in [2.24, 2.45) is 0 Å². The van der Waals surface area contributed by atoms with Crippen molar-refractivity contribution in [2.75, 3.05) is 18.4 Å². The van der Waals surface area contributed by atoms with Crippen molar-refractivity contribution in [1.82, 2.24) is 9.88 Å². The Balaban J connectivity index is 1.67. The summed E-state index contributed by atoms with van der Waals surface area (Å²) < 4.78 is 1.20. The van der Waals surface area contributed by atoms with E-state index in [2.05, 4.69) is 16.4 Å². The molecule has 5 heteroatoms. The number of benzene rings is 1. The monoisotopic (exact) mass is 275 g/mol. The molecule has 1 aromatic carbocycles. The zero-order valence-electron chi connectivity index (χ0n) is 10.9. The van der Waals surface area contributed by atoms with E-state index in [9.17, 15) is 4.79 Å². The Kier molecular flexibility index (Phi) is 3.38. The minimum absolute atomic E-state index is 0.244. The topological polar surface area (TPSA) is 45.2 Å². The van der Waals surface area contributed by atoms with Crippen molar-refractivity contribution < 1.29 is 4.79 Å². The highest BCUT2D eigenvalue weighted by Crippen LogP contribution is 2.27. The van der Waals surface area contributed by atoms with Gasteiger partial charge in [0.25, 0.3) is 0 Å². The van der Waals surface area contributed by atoms with Crippen LogP contribution in [0.4, 0.5) is 5.13 Å². The van der Waals surface area contributed by atoms with Crippen LogP contribution in [0, 0.1) is 0 Å². The minimum Gasteiger partial charge on any atom is -0.357 e. The van der Waals surface area contributed by atoms with Crippen molar-refractivity contribution in [1.29, 1.82) is 0 Å². The molecule has 1 N–H and O–H groups in total. The number of rotatable bonds is 3. The summed E-state index contributed by atoms with van der Waals surface area (Å²) >= 11 is 1.67. The number of aromatic nitrogens is 1. The maximum atomic E-state index is 11.6. The molecule has 1 aromatic heterocycles. The van der Waals surface area contributed by atoms with Gasteiger partial charge >= 0.3 is 0 Å². The average molecular weight is 275 g/mol. The molecule has 0 radical (unpaired) electrons. The summed E-state index contributed by atoms with van der Waals surface area (Å²) in [7, 11) is 0. The smallest absolute Gasteiger partial charge is 0.222 e. The van der Waals surface area contributed by atoms with Gasteiger partial charge in [0.2, 0.25) is 5.91 Å². The third-order valence-electron chi connectivity index (χ3n) is 3.46. The fourth-order valence-corrected chi connectivity index (χ4v) is 3.38. The maximum Gasteiger partial charge on any atom is 0.222 e. The summed E-state index contributed by atoms with van der Waals surface area (Å²) in [5.74, 6) is 0.244. The number of carbonyl (C=O) groups is 1. The highest BCUT2D eigenvalue weighted by Gasteiger charge is 2.25. The van der Waals surface area contributed by atoms with Crippen LogP contribution in [0.5, 0.6) is 0 Å². The van der Waals surface area contributed by atoms with Crippen molar-refractivity contribution in [3.8, 4) is 0 Å². The van der Waals surface area contributed by atoms with Gasteiger partial charge in [-0.15, -0.1) is 0 Å². The Labute approximate surface area is 116 Å². The number of nitrogens with zero attached hydrogens (tertiary/aromatic N) is 2. The number of anilines is 1. The fraction of sp³-hybridized carbons (Fsp3) is 0.429. The van der Waals surface area contributed by atoms with E-state index in [-0.39, 0.29) is 5.91 Å². The van der Waals surface area contributed by atoms with Crippen LogP contribution in [-0.2, 0) is 4.79 Å². The first-order chi connectivity index (χ1) is 9.26. The number of hydrogen-bond acceptors (Lipinski definition) is 4. The van der Waals surface area contributed by atoms with E-state index in [1.165, 1.54) is 4.70 Å². The predicted molar refractivity (Wildman–Crippen MR) is 78.5 cm³/mol. The lowest BCUT2D eigenvalue weighted by Crippen LogP contribution is -2.30. The molecule has 0 aliphatic carbocycles. The van der Waals surface area contributed by atoms with E-state index in [1.807, 2.05) is 30.0 Å². The van der Waals surface area contributed by atoms with Gasteiger partial charge in [-0.25, -0.2) is 4.98 Å². The number of fused-ring (bicyclic) bond motifs is 1. The second-order valence-electron chi connectivity index (χ2n) is 4.81. The van der Waals surface area contributed by atoms with Crippen molar-refractivity contribution in [2.45, 2.75) is 25.8 Å². The standard InChI is InChI=1S/C14H17N3OS/c1-2-13(18)17-8-7-10(9-17)15-14-16-11-5-3-4-6-12(11)19-14/h3-6,10H,2,7-9H2,1H3,(H,15,16). The van der Waals surface area contributed by atoms with Crippen molar-refractivity contribution in [3.63, 3.8) is 0 Å². The molecule has 1 aliphatic heterocycles. The van der Waals surface area contributed by atoms with Gasteiger partial charge in [-0.05, 0) is 18.6 Å². The van der Waals surface area contributed by atoms with E-state index in [4.69, 9.17) is 0 Å². The zero-order chi connectivity index (χ0) is 13.2. The summed E-state index contributed by atoms with van der Waals surface area (Å²) in [4.78, 5) is 18.1. The van der Waals surface area contributed by atoms with E-state index >= 15 is 0 Å². The summed E-state index contributed by atoms with van der Waals surface area (Å²) in [6.45, 7) is 3.56. The second-order valence-corrected chi connectivity index (χ2v) is 5.84. The summed E-state index contributed by atoms with van der Waals surface area (Å²) in [6.07, 6.45) is 1.59. The van der Waals surface area contributed by atoms with Gasteiger partial charge in [0, 0.05) is 25.6 Å². The average Bonchev–Trinajstić information content (AvgIpc) is 3.04. The van der Waals surface area contributed by atoms with Crippen LogP contribution in [0.25, 0.3) is 10.2 Å². The third kappa shape index (κ3) is 2.56. The van der Waals surface area contributed by atoms with E-state index in [0.717, 1.165) is 30.2 Å². The van der Waals surface area contributed by atoms with Gasteiger partial charge in [-0.1, -0.05) is 30.4 Å². The minimum atomic E-state index is 0.244. The van der Waals surface area contributed by atoms with Crippen LogP contribution in [0.2, 0.25) is 0 Å². The first-order valence-electron chi connectivity index (χ1n) is 6.66. The SMILES string of the molecule is CCC(=O)N1CCC(Nc2nc3ccccc3s2)C1. The number of amides is 1. The van der Waals surface area contributed by atoms with Crippen LogP contribution < -0.4 is 5.32 Å². The molecule has 0 saturated carbocycles. The molecule has 4 nitrogen and oxygen atoms in total. The third-order valence-corrected chi connectivity index (χ3v) is 4.43. The van der Waals surface area contributed by atoms with Gasteiger partial charge in [0.15, 0.2) is 5.13 Å². The normalized spacial score (nSPS) is 19.0. The Morgan fingerprint density at radius 1 is 1.53 bits per heavy atom. The molecule has 1 amide bonds. The molecule has 0 bridgehead atoms. The molecule has 0 spiro atoms. The first-order valence-corrected chi connectivity index (χ1v) is 7.48. The zero-order valence-corrected chi connectivity index (χ0v) is 11.7. The molecule has 2 heterocycles. The van der Waals surface area contributed by atoms with Crippen LogP contribution >= 0.6 is 11.3 Å². The Morgan fingerprint density at radius 3 is 3.16 bits per heavy atom. The summed E-state index contributed by atoms with van der Waals surface area (Å²) in [5, 5.41) is 4.41. The Morgan fingerprint density at radius 2 is 2.37 bits per heavy atom. The predicted octanol–water partition coefficient (Wildman–Crippen LogP) is 2.72. The summed E-state index contributed by atoms with van der Waals surface area (Å²) in [5.41, 5.74) is 1.04. The molecule has 100 valence electrons. The molecule has 1 aliphatic rings. The number of thiazole rings is 1. The highest BCUT2D eigenvalue weighted by molar-refractivity contribution is 7.22.